The maximum Gasteiger partial charge on any atom is 0.267 e. The van der Waals surface area contributed by atoms with Crippen molar-refractivity contribution in [3.05, 3.63) is 66.7 Å². The number of sulfonamides is 1. The quantitative estimate of drug-likeness (QED) is 0.679. The van der Waals surface area contributed by atoms with E-state index in [4.69, 9.17) is 4.74 Å². The fourth-order valence-electron chi connectivity index (χ4n) is 3.02. The zero-order chi connectivity index (χ0) is 21.2. The van der Waals surface area contributed by atoms with E-state index in [9.17, 15) is 18.0 Å². The third-order valence-electron chi connectivity index (χ3n) is 5.02. The van der Waals surface area contributed by atoms with Gasteiger partial charge in [0.1, 0.15) is 16.4 Å². The molecule has 7 nitrogen and oxygen atoms in total. The number of benzene rings is 2. The van der Waals surface area contributed by atoms with Gasteiger partial charge in [0.2, 0.25) is 5.91 Å². The largest absolute Gasteiger partial charge is 0.456 e. The number of carbonyl (C=O) groups is 2. The van der Waals surface area contributed by atoms with Gasteiger partial charge in [0.05, 0.1) is 5.41 Å². The summed E-state index contributed by atoms with van der Waals surface area (Å²) < 4.78 is 33.6. The predicted molar refractivity (Wildman–Crippen MR) is 108 cm³/mol. The van der Waals surface area contributed by atoms with Crippen molar-refractivity contribution >= 4 is 21.8 Å². The van der Waals surface area contributed by atoms with Crippen LogP contribution >= 0.6 is 0 Å². The van der Waals surface area contributed by atoms with Gasteiger partial charge in [0, 0.05) is 12.6 Å². The van der Waals surface area contributed by atoms with Crippen LogP contribution in [0.3, 0.4) is 0 Å². The van der Waals surface area contributed by atoms with Crippen LogP contribution < -0.4 is 14.8 Å². The number of carbonyl (C=O) groups excluding carboxylic acids is 2. The Bertz CT molecular complexity index is 1080. The number of hydrogen-bond donors (Lipinski definition) is 2. The van der Waals surface area contributed by atoms with E-state index in [0.717, 1.165) is 0 Å². The van der Waals surface area contributed by atoms with E-state index in [1.807, 2.05) is 0 Å². The number of para-hydroxylation sites is 1. The molecular weight excluding hydrogens is 392 g/mol. The summed E-state index contributed by atoms with van der Waals surface area (Å²) in [6.07, 6.45) is 2.21. The van der Waals surface area contributed by atoms with Crippen molar-refractivity contribution in [2.45, 2.75) is 18.2 Å². The lowest BCUT2D eigenvalue weighted by Gasteiger charge is -2.15. The molecule has 1 aliphatic carbocycles. The molecular formula is C21H22N2O5S. The average molecular weight is 414 g/mol. The van der Waals surface area contributed by atoms with Crippen LogP contribution in [0, 0.1) is 11.3 Å². The van der Waals surface area contributed by atoms with Gasteiger partial charge in [-0.25, -0.2) is 13.1 Å². The Balaban J connectivity index is 1.86. The van der Waals surface area contributed by atoms with E-state index in [1.165, 1.54) is 31.3 Å². The van der Waals surface area contributed by atoms with Crippen molar-refractivity contribution < 1.29 is 22.7 Å². The Morgan fingerprint density at radius 3 is 2.59 bits per heavy atom. The number of amides is 2. The summed E-state index contributed by atoms with van der Waals surface area (Å²) in [6.45, 7) is 5.37. The minimum absolute atomic E-state index is 0.0445. The van der Waals surface area contributed by atoms with Gasteiger partial charge in [-0.05, 0) is 42.7 Å². The zero-order valence-corrected chi connectivity index (χ0v) is 17.0. The molecule has 1 saturated carbocycles. The van der Waals surface area contributed by atoms with Crippen LogP contribution in [0.25, 0.3) is 0 Å². The number of ether oxygens (including phenoxy) is 1. The molecule has 0 radical (unpaired) electrons. The molecule has 2 aromatic rings. The molecule has 2 amide bonds. The van der Waals surface area contributed by atoms with Crippen LogP contribution in [0.5, 0.6) is 11.5 Å². The summed E-state index contributed by atoms with van der Waals surface area (Å²) in [6, 6.07) is 12.3. The van der Waals surface area contributed by atoms with Crippen LogP contribution in [0.4, 0.5) is 0 Å². The summed E-state index contributed by atoms with van der Waals surface area (Å²) in [5.74, 6) is -0.572. The molecule has 1 fully saturated rings. The van der Waals surface area contributed by atoms with E-state index in [2.05, 4.69) is 16.6 Å². The maximum absolute atomic E-state index is 12.8. The first kappa shape index (κ1) is 20.6. The molecule has 0 unspecified atom stereocenters. The van der Waals surface area contributed by atoms with Crippen molar-refractivity contribution in [2.75, 3.05) is 7.05 Å². The molecule has 0 spiro atoms. The molecule has 2 N–H and O–H groups in total. The van der Waals surface area contributed by atoms with Crippen LogP contribution in [0.2, 0.25) is 0 Å². The lowest BCUT2D eigenvalue weighted by molar-refractivity contribution is -0.124. The summed E-state index contributed by atoms with van der Waals surface area (Å²) in [7, 11) is -2.64. The highest BCUT2D eigenvalue weighted by Crippen LogP contribution is 2.53. The topological polar surface area (TPSA) is 102 Å². The second-order valence-corrected chi connectivity index (χ2v) is 8.70. The van der Waals surface area contributed by atoms with Crippen molar-refractivity contribution in [3.63, 3.8) is 0 Å². The second kappa shape index (κ2) is 7.71. The Labute approximate surface area is 169 Å². The fraction of sp³-hybridized carbons (Fsp3) is 0.238. The molecule has 0 bridgehead atoms. The Hall–Kier alpha value is -3.13. The maximum atomic E-state index is 12.8. The molecule has 3 rings (SSSR count). The number of rotatable bonds is 7. The van der Waals surface area contributed by atoms with E-state index in [-0.39, 0.29) is 22.5 Å². The molecule has 8 heteroatoms. The predicted octanol–water partition coefficient (Wildman–Crippen LogP) is 2.86. The van der Waals surface area contributed by atoms with Crippen LogP contribution in [0.15, 0.2) is 66.1 Å². The minimum Gasteiger partial charge on any atom is -0.456 e. The van der Waals surface area contributed by atoms with Crippen molar-refractivity contribution in [3.8, 4) is 11.5 Å². The summed E-state index contributed by atoms with van der Waals surface area (Å²) in [5.41, 5.74) is -0.400. The second-order valence-electron chi connectivity index (χ2n) is 7.05. The van der Waals surface area contributed by atoms with Crippen LogP contribution in [-0.2, 0) is 14.8 Å². The van der Waals surface area contributed by atoms with Crippen molar-refractivity contribution in [1.29, 1.82) is 0 Å². The zero-order valence-electron chi connectivity index (χ0n) is 16.1. The lowest BCUT2D eigenvalue weighted by atomic mass is 10.1. The molecule has 152 valence electrons. The molecule has 1 aliphatic rings. The highest BCUT2D eigenvalue weighted by atomic mass is 32.2. The average Bonchev–Trinajstić information content (AvgIpc) is 3.39. The van der Waals surface area contributed by atoms with Crippen LogP contribution in [0.1, 0.15) is 23.7 Å². The lowest BCUT2D eigenvalue weighted by Crippen LogP contribution is -2.36. The first-order valence-corrected chi connectivity index (χ1v) is 10.5. The summed E-state index contributed by atoms with van der Waals surface area (Å²) >= 11 is 0. The Kier molecular flexibility index (Phi) is 5.48. The number of hydrogen-bond acceptors (Lipinski definition) is 5. The molecule has 0 aliphatic heterocycles. The SMILES string of the molecule is C=C[C@@H]1C[C@]1(C)C(=O)NS(=O)(=O)c1ccccc1Oc1cccc(C(=O)NC)c1. The molecule has 0 aromatic heterocycles. The Morgan fingerprint density at radius 1 is 1.21 bits per heavy atom. The smallest absolute Gasteiger partial charge is 0.267 e. The van der Waals surface area contributed by atoms with Gasteiger partial charge in [-0.15, -0.1) is 6.58 Å². The van der Waals surface area contributed by atoms with Gasteiger partial charge in [0.15, 0.2) is 0 Å². The van der Waals surface area contributed by atoms with E-state index in [0.29, 0.717) is 17.7 Å². The summed E-state index contributed by atoms with van der Waals surface area (Å²) in [4.78, 5) is 24.1. The highest BCUT2D eigenvalue weighted by Gasteiger charge is 2.55. The standard InChI is InChI=1S/C21H22N2O5S/c1-4-15-13-21(15,2)20(25)23-29(26,27)18-11-6-5-10-17(18)28-16-9-7-8-14(12-16)19(24)22-3/h4-12,15H,1,13H2,2-3H3,(H,22,24)(H,23,25)/t15-,21+/m1/s1. The van der Waals surface area contributed by atoms with Crippen LogP contribution in [-0.4, -0.2) is 27.3 Å². The van der Waals surface area contributed by atoms with Crippen molar-refractivity contribution in [2.24, 2.45) is 11.3 Å². The Morgan fingerprint density at radius 2 is 1.93 bits per heavy atom. The molecule has 2 atom stereocenters. The van der Waals surface area contributed by atoms with Gasteiger partial charge in [-0.1, -0.05) is 31.2 Å². The van der Waals surface area contributed by atoms with Gasteiger partial charge >= 0.3 is 0 Å². The number of nitrogens with one attached hydrogen (secondary N) is 2. The summed E-state index contributed by atoms with van der Waals surface area (Å²) in [5, 5.41) is 2.51. The normalized spacial score (nSPS) is 20.4. The third kappa shape index (κ3) is 4.17. The first-order chi connectivity index (χ1) is 13.7. The minimum atomic E-state index is -4.15. The van der Waals surface area contributed by atoms with Gasteiger partial charge in [-0.2, -0.15) is 0 Å². The molecule has 0 saturated heterocycles. The molecule has 29 heavy (non-hydrogen) atoms. The monoisotopic (exact) mass is 414 g/mol. The highest BCUT2D eigenvalue weighted by molar-refractivity contribution is 7.90. The van der Waals surface area contributed by atoms with Gasteiger partial charge in [-0.3, -0.25) is 9.59 Å². The van der Waals surface area contributed by atoms with Crippen molar-refractivity contribution in [1.82, 2.24) is 10.0 Å². The van der Waals surface area contributed by atoms with Gasteiger partial charge in [0.25, 0.3) is 15.9 Å². The number of allylic oxidation sites excluding steroid dienone is 1. The molecule has 2 aromatic carbocycles. The van der Waals surface area contributed by atoms with E-state index < -0.39 is 21.3 Å². The van der Waals surface area contributed by atoms with Gasteiger partial charge < -0.3 is 10.1 Å². The van der Waals surface area contributed by atoms with E-state index in [1.54, 1.807) is 37.3 Å². The third-order valence-corrected chi connectivity index (χ3v) is 6.39. The fourth-order valence-corrected chi connectivity index (χ4v) is 4.24. The van der Waals surface area contributed by atoms with E-state index >= 15 is 0 Å². The first-order valence-electron chi connectivity index (χ1n) is 9.00. The molecule has 0 heterocycles.